The molecule has 0 bridgehead atoms. The van der Waals surface area contributed by atoms with E-state index >= 15 is 0 Å². The number of hydrogen-bond donors (Lipinski definition) is 1. The van der Waals surface area contributed by atoms with Crippen molar-refractivity contribution in [3.05, 3.63) is 48.1 Å². The molecule has 3 aromatic heterocycles. The molecule has 4 rings (SSSR count). The fraction of sp³-hybridized carbons (Fsp3) is 0.556. The molecule has 4 heterocycles. The molecule has 0 saturated carbocycles. The Morgan fingerprint density at radius 1 is 1.12 bits per heavy atom. The molecule has 0 radical (unpaired) electrons. The van der Waals surface area contributed by atoms with Crippen LogP contribution in [0.15, 0.2) is 24.8 Å². The van der Waals surface area contributed by atoms with Crippen molar-refractivity contribution in [2.75, 3.05) is 13.1 Å². The molecule has 8 heteroatoms. The van der Waals surface area contributed by atoms with E-state index in [1.54, 1.807) is 0 Å². The van der Waals surface area contributed by atoms with Gasteiger partial charge in [0.1, 0.15) is 17.5 Å². The summed E-state index contributed by atoms with van der Waals surface area (Å²) in [7, 11) is 0. The van der Waals surface area contributed by atoms with E-state index in [9.17, 15) is 0 Å². The third kappa shape index (κ3) is 3.41. The third-order valence-electron chi connectivity index (χ3n) is 5.29. The molecule has 138 valence electrons. The van der Waals surface area contributed by atoms with E-state index < -0.39 is 0 Å². The van der Waals surface area contributed by atoms with E-state index in [1.165, 1.54) is 0 Å². The van der Waals surface area contributed by atoms with Crippen LogP contribution >= 0.6 is 0 Å². The Kier molecular flexibility index (Phi) is 4.83. The quantitative estimate of drug-likeness (QED) is 0.732. The second kappa shape index (κ2) is 7.41. The van der Waals surface area contributed by atoms with Crippen molar-refractivity contribution < 1.29 is 0 Å². The molecule has 1 aliphatic rings. The number of aryl methyl sites for hydroxylation is 1. The van der Waals surface area contributed by atoms with Crippen LogP contribution in [0, 0.1) is 6.92 Å². The van der Waals surface area contributed by atoms with Gasteiger partial charge in [0.15, 0.2) is 5.82 Å². The molecule has 0 aromatic carbocycles. The van der Waals surface area contributed by atoms with Crippen LogP contribution in [0.2, 0.25) is 0 Å². The SMILES string of the molecule is CCn1c(Cn2ccnc2C)nnc1C1CCN(Cc2ncc[nH]2)CC1. The number of nitrogens with zero attached hydrogens (tertiary/aromatic N) is 7. The molecular formula is C18H26N8. The van der Waals surface area contributed by atoms with Crippen LogP contribution < -0.4 is 0 Å². The summed E-state index contributed by atoms with van der Waals surface area (Å²) in [6.45, 7) is 8.84. The Balaban J connectivity index is 1.43. The number of H-pyrrole nitrogens is 1. The summed E-state index contributed by atoms with van der Waals surface area (Å²) in [6, 6.07) is 0. The molecule has 0 spiro atoms. The topological polar surface area (TPSA) is 80.4 Å². The lowest BCUT2D eigenvalue weighted by atomic mass is 9.96. The van der Waals surface area contributed by atoms with E-state index in [0.717, 1.165) is 68.9 Å². The summed E-state index contributed by atoms with van der Waals surface area (Å²) in [5.41, 5.74) is 0. The van der Waals surface area contributed by atoms with Crippen LogP contribution in [0.1, 0.15) is 49.0 Å². The van der Waals surface area contributed by atoms with E-state index in [2.05, 4.69) is 46.1 Å². The summed E-state index contributed by atoms with van der Waals surface area (Å²) in [5, 5.41) is 9.06. The van der Waals surface area contributed by atoms with Gasteiger partial charge in [0.05, 0.1) is 13.1 Å². The Morgan fingerprint density at radius 3 is 2.62 bits per heavy atom. The summed E-state index contributed by atoms with van der Waals surface area (Å²) in [5.74, 6) is 4.68. The summed E-state index contributed by atoms with van der Waals surface area (Å²) in [6.07, 6.45) is 9.75. The van der Waals surface area contributed by atoms with Crippen LogP contribution in [0.25, 0.3) is 0 Å². The lowest BCUT2D eigenvalue weighted by Crippen LogP contribution is -2.33. The predicted molar refractivity (Wildman–Crippen MR) is 97.6 cm³/mol. The van der Waals surface area contributed by atoms with Gasteiger partial charge in [-0.25, -0.2) is 9.97 Å². The minimum absolute atomic E-state index is 0.480. The van der Waals surface area contributed by atoms with Crippen molar-refractivity contribution in [2.45, 2.75) is 52.2 Å². The molecular weight excluding hydrogens is 328 g/mol. The number of nitrogens with one attached hydrogen (secondary N) is 1. The molecule has 0 aliphatic carbocycles. The minimum atomic E-state index is 0.480. The standard InChI is InChI=1S/C18H26N8/c1-3-26-17(13-25-11-8-19-14(25)2)22-23-18(26)15-4-9-24(10-5-15)12-16-20-6-7-21-16/h6-8,11,15H,3-5,9-10,12-13H2,1-2H3,(H,20,21). The molecule has 1 aliphatic heterocycles. The van der Waals surface area contributed by atoms with Crippen molar-refractivity contribution >= 4 is 0 Å². The van der Waals surface area contributed by atoms with Crippen molar-refractivity contribution in [2.24, 2.45) is 0 Å². The van der Waals surface area contributed by atoms with Crippen LogP contribution in [-0.4, -0.2) is 52.3 Å². The highest BCUT2D eigenvalue weighted by molar-refractivity contribution is 5.06. The molecule has 26 heavy (non-hydrogen) atoms. The third-order valence-corrected chi connectivity index (χ3v) is 5.29. The number of imidazole rings is 2. The van der Waals surface area contributed by atoms with Crippen molar-refractivity contribution in [1.29, 1.82) is 0 Å². The van der Waals surface area contributed by atoms with Crippen LogP contribution in [-0.2, 0) is 19.6 Å². The maximum atomic E-state index is 4.56. The molecule has 8 nitrogen and oxygen atoms in total. The van der Waals surface area contributed by atoms with Gasteiger partial charge in [-0.2, -0.15) is 0 Å². The van der Waals surface area contributed by atoms with Gasteiger partial charge >= 0.3 is 0 Å². The zero-order chi connectivity index (χ0) is 17.9. The van der Waals surface area contributed by atoms with Gasteiger partial charge in [0.2, 0.25) is 0 Å². The van der Waals surface area contributed by atoms with Crippen LogP contribution in [0.4, 0.5) is 0 Å². The highest BCUT2D eigenvalue weighted by atomic mass is 15.3. The van der Waals surface area contributed by atoms with Crippen LogP contribution in [0.3, 0.4) is 0 Å². The van der Waals surface area contributed by atoms with E-state index in [4.69, 9.17) is 0 Å². The fourth-order valence-corrected chi connectivity index (χ4v) is 3.78. The highest BCUT2D eigenvalue weighted by Gasteiger charge is 2.26. The van der Waals surface area contributed by atoms with Gasteiger partial charge < -0.3 is 14.1 Å². The first-order chi connectivity index (χ1) is 12.7. The predicted octanol–water partition coefficient (Wildman–Crippen LogP) is 1.95. The molecule has 1 saturated heterocycles. The van der Waals surface area contributed by atoms with Gasteiger partial charge in [-0.15, -0.1) is 10.2 Å². The molecule has 0 unspecified atom stereocenters. The Labute approximate surface area is 153 Å². The van der Waals surface area contributed by atoms with Gasteiger partial charge in [-0.05, 0) is 39.8 Å². The number of hydrogen-bond acceptors (Lipinski definition) is 5. The first-order valence-electron chi connectivity index (χ1n) is 9.35. The summed E-state index contributed by atoms with van der Waals surface area (Å²) >= 11 is 0. The summed E-state index contributed by atoms with van der Waals surface area (Å²) in [4.78, 5) is 14.3. The fourth-order valence-electron chi connectivity index (χ4n) is 3.78. The smallest absolute Gasteiger partial charge is 0.153 e. The maximum absolute atomic E-state index is 4.56. The number of piperidine rings is 1. The number of aromatic amines is 1. The Bertz CT molecular complexity index is 823. The van der Waals surface area contributed by atoms with Gasteiger partial charge in [-0.3, -0.25) is 4.90 Å². The first-order valence-corrected chi connectivity index (χ1v) is 9.35. The highest BCUT2D eigenvalue weighted by Crippen LogP contribution is 2.28. The number of aromatic nitrogens is 7. The zero-order valence-corrected chi connectivity index (χ0v) is 15.5. The van der Waals surface area contributed by atoms with Crippen molar-refractivity contribution in [3.8, 4) is 0 Å². The molecule has 0 amide bonds. The molecule has 1 fully saturated rings. The Morgan fingerprint density at radius 2 is 1.96 bits per heavy atom. The lowest BCUT2D eigenvalue weighted by molar-refractivity contribution is 0.196. The molecule has 0 atom stereocenters. The largest absolute Gasteiger partial charge is 0.348 e. The average molecular weight is 354 g/mol. The van der Waals surface area contributed by atoms with E-state index in [-0.39, 0.29) is 0 Å². The van der Waals surface area contributed by atoms with E-state index in [0.29, 0.717) is 5.92 Å². The van der Waals surface area contributed by atoms with Crippen LogP contribution in [0.5, 0.6) is 0 Å². The molecule has 3 aromatic rings. The van der Waals surface area contributed by atoms with E-state index in [1.807, 2.05) is 31.7 Å². The second-order valence-electron chi connectivity index (χ2n) is 6.91. The van der Waals surface area contributed by atoms with Crippen molar-refractivity contribution in [3.63, 3.8) is 0 Å². The number of rotatable bonds is 6. The monoisotopic (exact) mass is 354 g/mol. The number of likely N-dealkylation sites (tertiary alicyclic amines) is 1. The average Bonchev–Trinajstić information content (AvgIpc) is 3.39. The van der Waals surface area contributed by atoms with Crippen molar-refractivity contribution in [1.82, 2.24) is 39.2 Å². The maximum Gasteiger partial charge on any atom is 0.153 e. The molecule has 1 N–H and O–H groups in total. The van der Waals surface area contributed by atoms with Gasteiger partial charge in [0, 0.05) is 37.3 Å². The zero-order valence-electron chi connectivity index (χ0n) is 15.5. The first kappa shape index (κ1) is 17.0. The summed E-state index contributed by atoms with van der Waals surface area (Å²) < 4.78 is 4.40. The minimum Gasteiger partial charge on any atom is -0.348 e. The normalized spacial score (nSPS) is 16.4. The van der Waals surface area contributed by atoms with Gasteiger partial charge in [-0.1, -0.05) is 0 Å². The second-order valence-corrected chi connectivity index (χ2v) is 6.91. The lowest BCUT2D eigenvalue weighted by Gasteiger charge is -2.31. The van der Waals surface area contributed by atoms with Gasteiger partial charge in [0.25, 0.3) is 0 Å². The Hall–Kier alpha value is -2.48.